The van der Waals surface area contributed by atoms with E-state index in [4.69, 9.17) is 4.74 Å². The third kappa shape index (κ3) is 6.74. The zero-order chi connectivity index (χ0) is 30.6. The van der Waals surface area contributed by atoms with Crippen molar-refractivity contribution in [2.45, 2.75) is 71.6 Å². The number of aromatic nitrogens is 2. The molecule has 1 saturated heterocycles. The summed E-state index contributed by atoms with van der Waals surface area (Å²) in [5.74, 6) is -2.14. The van der Waals surface area contributed by atoms with Crippen LogP contribution >= 0.6 is 0 Å². The molecule has 0 spiro atoms. The third-order valence-corrected chi connectivity index (χ3v) is 7.37. The maximum Gasteiger partial charge on any atom is 0.274 e. The highest BCUT2D eigenvalue weighted by Crippen LogP contribution is 2.38. The Labute approximate surface area is 245 Å². The van der Waals surface area contributed by atoms with Crippen LogP contribution in [0, 0.1) is 11.7 Å². The number of carbonyl (C=O) groups is 3. The first-order chi connectivity index (χ1) is 20.0. The zero-order valence-corrected chi connectivity index (χ0v) is 24.4. The predicted molar refractivity (Wildman–Crippen MR) is 160 cm³/mol. The summed E-state index contributed by atoms with van der Waals surface area (Å²) in [6, 6.07) is 9.15. The van der Waals surface area contributed by atoms with Gasteiger partial charge in [-0.1, -0.05) is 32.1 Å². The molecule has 2 amide bonds. The first-order valence-corrected chi connectivity index (χ1v) is 14.2. The summed E-state index contributed by atoms with van der Waals surface area (Å²) in [6.45, 7) is 9.48. The molecule has 1 fully saturated rings. The molecule has 11 heteroatoms. The Morgan fingerprint density at radius 3 is 2.62 bits per heavy atom. The van der Waals surface area contributed by atoms with Crippen LogP contribution in [0.3, 0.4) is 0 Å². The SMILES string of the molecule is CCC1OC(c2ccncc2NC(=O)c2ccc(F)c(-c3cc(C(=O)NC(C)C)ccc3B(C)C)n2)CC(O)C1C=O. The molecule has 4 rings (SSSR count). The maximum atomic E-state index is 15.2. The van der Waals surface area contributed by atoms with E-state index in [1.54, 1.807) is 30.5 Å². The first-order valence-electron chi connectivity index (χ1n) is 14.2. The molecule has 220 valence electrons. The fourth-order valence-electron chi connectivity index (χ4n) is 5.21. The number of hydrogen-bond donors (Lipinski definition) is 3. The molecule has 0 aliphatic carbocycles. The highest BCUT2D eigenvalue weighted by molar-refractivity contribution is 6.72. The largest absolute Gasteiger partial charge is 0.392 e. The highest BCUT2D eigenvalue weighted by atomic mass is 19.1. The van der Waals surface area contributed by atoms with E-state index in [1.807, 2.05) is 34.4 Å². The van der Waals surface area contributed by atoms with Crippen molar-refractivity contribution in [1.29, 1.82) is 0 Å². The quantitative estimate of drug-likeness (QED) is 0.260. The molecular formula is C31H36BFN4O5. The molecule has 3 N–H and O–H groups in total. The van der Waals surface area contributed by atoms with Gasteiger partial charge in [0.25, 0.3) is 11.8 Å². The lowest BCUT2D eigenvalue weighted by Gasteiger charge is -2.37. The maximum absolute atomic E-state index is 15.2. The monoisotopic (exact) mass is 574 g/mol. The molecule has 1 aliphatic rings. The number of rotatable bonds is 9. The van der Waals surface area contributed by atoms with Crippen LogP contribution in [0.15, 0.2) is 48.8 Å². The number of anilines is 1. The number of carbonyl (C=O) groups excluding carboxylic acids is 3. The number of ether oxygens (including phenoxy) is 1. The standard InChI is InChI=1S/C31H36BFN4O5/c1-6-27-21(16-38)26(39)14-28(42-27)19-11-12-34-15-25(19)37-31(41)24-10-9-23(33)29(36-24)20-13-18(30(40)35-17(2)3)7-8-22(20)32(4)5/h7-13,15-17,21,26-28,39H,6,14H2,1-5H3,(H,35,40)(H,37,41). The van der Waals surface area contributed by atoms with Gasteiger partial charge in [-0.25, -0.2) is 9.37 Å². The van der Waals surface area contributed by atoms with Crippen molar-refractivity contribution in [3.05, 3.63) is 71.4 Å². The second-order valence-electron chi connectivity index (χ2n) is 11.1. The van der Waals surface area contributed by atoms with Gasteiger partial charge in [-0.2, -0.15) is 0 Å². The number of aliphatic hydroxyl groups is 1. The Hall–Kier alpha value is -3.96. The van der Waals surface area contributed by atoms with E-state index in [9.17, 15) is 19.5 Å². The lowest BCUT2D eigenvalue weighted by atomic mass is 9.48. The van der Waals surface area contributed by atoms with Gasteiger partial charge in [0, 0.05) is 29.8 Å². The van der Waals surface area contributed by atoms with Gasteiger partial charge in [-0.3, -0.25) is 14.6 Å². The molecule has 1 aromatic carbocycles. The Bertz CT molecular complexity index is 1470. The van der Waals surface area contributed by atoms with Gasteiger partial charge in [0.15, 0.2) is 6.71 Å². The van der Waals surface area contributed by atoms with Crippen LogP contribution in [0.25, 0.3) is 11.3 Å². The smallest absolute Gasteiger partial charge is 0.274 e. The minimum atomic E-state index is -0.891. The summed E-state index contributed by atoms with van der Waals surface area (Å²) >= 11 is 0. The van der Waals surface area contributed by atoms with E-state index in [2.05, 4.69) is 20.6 Å². The van der Waals surface area contributed by atoms with E-state index < -0.39 is 36.0 Å². The normalized spacial score (nSPS) is 20.2. The third-order valence-electron chi connectivity index (χ3n) is 7.37. The van der Waals surface area contributed by atoms with Crippen molar-refractivity contribution in [2.75, 3.05) is 5.32 Å². The summed E-state index contributed by atoms with van der Waals surface area (Å²) < 4.78 is 21.4. The van der Waals surface area contributed by atoms with E-state index >= 15 is 4.39 Å². The van der Waals surface area contributed by atoms with Gasteiger partial charge in [0.2, 0.25) is 0 Å². The number of benzene rings is 1. The topological polar surface area (TPSA) is 131 Å². The van der Waals surface area contributed by atoms with Gasteiger partial charge in [0.05, 0.1) is 36.1 Å². The molecule has 4 unspecified atom stereocenters. The van der Waals surface area contributed by atoms with E-state index in [0.29, 0.717) is 28.8 Å². The van der Waals surface area contributed by atoms with Crippen molar-refractivity contribution in [2.24, 2.45) is 5.92 Å². The second-order valence-corrected chi connectivity index (χ2v) is 11.1. The van der Waals surface area contributed by atoms with Crippen molar-refractivity contribution >= 4 is 36.0 Å². The molecule has 3 heterocycles. The molecule has 0 bridgehead atoms. The van der Waals surface area contributed by atoms with Crippen LogP contribution in [-0.2, 0) is 9.53 Å². The van der Waals surface area contributed by atoms with Crippen LogP contribution in [0.1, 0.15) is 66.1 Å². The van der Waals surface area contributed by atoms with E-state index in [1.165, 1.54) is 18.3 Å². The number of aldehydes is 1. The summed E-state index contributed by atoms with van der Waals surface area (Å²) in [5.41, 5.74) is 2.43. The van der Waals surface area contributed by atoms with Gasteiger partial charge < -0.3 is 25.3 Å². The van der Waals surface area contributed by atoms with Gasteiger partial charge in [-0.05, 0) is 56.2 Å². The van der Waals surface area contributed by atoms with Crippen LogP contribution in [-0.4, -0.2) is 58.1 Å². The van der Waals surface area contributed by atoms with Crippen LogP contribution in [0.5, 0.6) is 0 Å². The Morgan fingerprint density at radius 1 is 1.19 bits per heavy atom. The lowest BCUT2D eigenvalue weighted by Crippen LogP contribution is -2.42. The molecule has 4 atom stereocenters. The number of nitrogens with one attached hydrogen (secondary N) is 2. The number of amides is 2. The number of hydrogen-bond acceptors (Lipinski definition) is 7. The Balaban J connectivity index is 1.66. The average Bonchev–Trinajstić information content (AvgIpc) is 2.96. The highest BCUT2D eigenvalue weighted by Gasteiger charge is 2.38. The minimum absolute atomic E-state index is 0.00422. The fourth-order valence-corrected chi connectivity index (χ4v) is 5.21. The summed E-state index contributed by atoms with van der Waals surface area (Å²) in [5, 5.41) is 16.2. The Morgan fingerprint density at radius 2 is 1.95 bits per heavy atom. The van der Waals surface area contributed by atoms with Crippen molar-refractivity contribution in [1.82, 2.24) is 15.3 Å². The van der Waals surface area contributed by atoms with E-state index in [-0.39, 0.29) is 36.5 Å². The number of pyridine rings is 2. The summed E-state index contributed by atoms with van der Waals surface area (Å²) in [6.07, 6.45) is 2.50. The number of halogens is 1. The molecule has 2 aromatic heterocycles. The van der Waals surface area contributed by atoms with Crippen LogP contribution in [0.2, 0.25) is 13.6 Å². The van der Waals surface area contributed by atoms with Gasteiger partial charge >= 0.3 is 0 Å². The number of nitrogens with zero attached hydrogens (tertiary/aromatic N) is 2. The van der Waals surface area contributed by atoms with Gasteiger partial charge in [0.1, 0.15) is 23.5 Å². The molecular weight excluding hydrogens is 538 g/mol. The molecule has 42 heavy (non-hydrogen) atoms. The summed E-state index contributed by atoms with van der Waals surface area (Å²) in [7, 11) is 0. The fraction of sp³-hybridized carbons (Fsp3) is 0.387. The number of aliphatic hydroxyl groups excluding tert-OH is 1. The second kappa shape index (κ2) is 13.3. The minimum Gasteiger partial charge on any atom is -0.392 e. The van der Waals surface area contributed by atoms with Crippen LogP contribution in [0.4, 0.5) is 10.1 Å². The molecule has 0 saturated carbocycles. The summed E-state index contributed by atoms with van der Waals surface area (Å²) in [4.78, 5) is 46.1. The lowest BCUT2D eigenvalue weighted by molar-refractivity contribution is -0.150. The first kappa shape index (κ1) is 31.0. The molecule has 0 radical (unpaired) electrons. The predicted octanol–water partition coefficient (Wildman–Crippen LogP) is 4.05. The molecule has 3 aromatic rings. The molecule has 9 nitrogen and oxygen atoms in total. The van der Waals surface area contributed by atoms with Crippen LogP contribution < -0.4 is 16.1 Å². The van der Waals surface area contributed by atoms with Crippen molar-refractivity contribution in [3.63, 3.8) is 0 Å². The Kier molecular flexibility index (Phi) is 9.85. The van der Waals surface area contributed by atoms with E-state index in [0.717, 1.165) is 11.7 Å². The average molecular weight is 574 g/mol. The van der Waals surface area contributed by atoms with Gasteiger partial charge in [-0.15, -0.1) is 0 Å². The zero-order valence-electron chi connectivity index (χ0n) is 24.4. The van der Waals surface area contributed by atoms with Crippen molar-refractivity contribution < 1.29 is 28.6 Å². The van der Waals surface area contributed by atoms with Crippen molar-refractivity contribution in [3.8, 4) is 11.3 Å². The molecule has 1 aliphatic heterocycles.